The Labute approximate surface area is 197 Å². The summed E-state index contributed by atoms with van der Waals surface area (Å²) in [6.07, 6.45) is 4.70. The summed E-state index contributed by atoms with van der Waals surface area (Å²) in [5.41, 5.74) is 3.29. The number of para-hydroxylation sites is 1. The minimum absolute atomic E-state index is 0.0183. The Bertz CT molecular complexity index is 1460. The van der Waals surface area contributed by atoms with Crippen molar-refractivity contribution in [2.45, 2.75) is 23.8 Å². The molecule has 1 aliphatic rings. The van der Waals surface area contributed by atoms with E-state index in [0.717, 1.165) is 24.1 Å². The van der Waals surface area contributed by atoms with Crippen LogP contribution in [0.25, 0.3) is 22.0 Å². The number of nitrogens with zero attached hydrogens (tertiary/aromatic N) is 3. The van der Waals surface area contributed by atoms with E-state index in [1.807, 2.05) is 48.5 Å². The first-order valence-electron chi connectivity index (χ1n) is 10.7. The van der Waals surface area contributed by atoms with Gasteiger partial charge in [0.1, 0.15) is 4.90 Å². The van der Waals surface area contributed by atoms with Crippen LogP contribution >= 0.6 is 0 Å². The van der Waals surface area contributed by atoms with Gasteiger partial charge >= 0.3 is 6.01 Å². The molecule has 0 unspecified atom stereocenters. The minimum Gasteiger partial charge on any atom is -0.480 e. The highest BCUT2D eigenvalue weighted by Gasteiger charge is 2.30. The first kappa shape index (κ1) is 22.1. The number of anilines is 2. The number of nitrogens with one attached hydrogen (secondary N) is 2. The highest BCUT2D eigenvalue weighted by Crippen LogP contribution is 2.36. The van der Waals surface area contributed by atoms with Gasteiger partial charge in [0.05, 0.1) is 31.0 Å². The van der Waals surface area contributed by atoms with Crippen LogP contribution in [0.1, 0.15) is 12.8 Å². The van der Waals surface area contributed by atoms with Gasteiger partial charge in [0, 0.05) is 29.5 Å². The number of aromatic nitrogens is 3. The van der Waals surface area contributed by atoms with Crippen molar-refractivity contribution in [1.29, 1.82) is 0 Å². The van der Waals surface area contributed by atoms with E-state index in [-0.39, 0.29) is 16.9 Å². The Morgan fingerprint density at radius 2 is 1.76 bits per heavy atom. The van der Waals surface area contributed by atoms with Gasteiger partial charge in [-0.05, 0) is 36.6 Å². The highest BCUT2D eigenvalue weighted by molar-refractivity contribution is 7.89. The lowest BCUT2D eigenvalue weighted by atomic mass is 10.0. The minimum atomic E-state index is -3.75. The molecule has 0 bridgehead atoms. The second-order valence-corrected chi connectivity index (χ2v) is 9.58. The molecule has 2 heterocycles. The van der Waals surface area contributed by atoms with Crippen LogP contribution in [0.5, 0.6) is 11.9 Å². The number of pyridine rings is 1. The number of hydrogen-bond acceptors (Lipinski definition) is 8. The maximum absolute atomic E-state index is 13.1. The maximum atomic E-state index is 13.1. The Morgan fingerprint density at radius 1 is 0.971 bits per heavy atom. The predicted octanol–water partition coefficient (Wildman–Crippen LogP) is 3.89. The summed E-state index contributed by atoms with van der Waals surface area (Å²) in [6.45, 7) is 0. The second kappa shape index (κ2) is 8.88. The van der Waals surface area contributed by atoms with E-state index in [1.165, 1.54) is 20.4 Å². The van der Waals surface area contributed by atoms with Gasteiger partial charge in [-0.1, -0.05) is 30.3 Å². The van der Waals surface area contributed by atoms with Crippen LogP contribution in [-0.4, -0.2) is 43.6 Å². The lowest BCUT2D eigenvalue weighted by Gasteiger charge is -2.16. The first-order chi connectivity index (χ1) is 16.5. The largest absolute Gasteiger partial charge is 0.480 e. The van der Waals surface area contributed by atoms with Crippen LogP contribution in [0.4, 0.5) is 11.4 Å². The summed E-state index contributed by atoms with van der Waals surface area (Å²) >= 11 is 0. The molecule has 2 N–H and O–H groups in total. The van der Waals surface area contributed by atoms with Crippen LogP contribution < -0.4 is 19.5 Å². The molecule has 1 fully saturated rings. The zero-order valence-electron chi connectivity index (χ0n) is 18.6. The van der Waals surface area contributed by atoms with Crippen molar-refractivity contribution in [2.24, 2.45) is 0 Å². The molecule has 0 aliphatic heterocycles. The summed E-state index contributed by atoms with van der Waals surface area (Å²) in [5, 5.41) is 3.95. The van der Waals surface area contributed by atoms with Crippen LogP contribution in [0.2, 0.25) is 0 Å². The van der Waals surface area contributed by atoms with Crippen LogP contribution in [0.3, 0.4) is 0 Å². The maximum Gasteiger partial charge on any atom is 0.319 e. The zero-order valence-corrected chi connectivity index (χ0v) is 19.5. The van der Waals surface area contributed by atoms with Gasteiger partial charge in [0.2, 0.25) is 15.9 Å². The third kappa shape index (κ3) is 4.37. The number of benzene rings is 2. The van der Waals surface area contributed by atoms with E-state index in [2.05, 4.69) is 25.0 Å². The van der Waals surface area contributed by atoms with Crippen LogP contribution in [0.15, 0.2) is 65.8 Å². The van der Waals surface area contributed by atoms with Crippen molar-refractivity contribution in [3.8, 4) is 23.0 Å². The number of rotatable bonds is 8. The molecule has 2 aromatic heterocycles. The number of sulfonamides is 1. The van der Waals surface area contributed by atoms with E-state index in [0.29, 0.717) is 28.0 Å². The fourth-order valence-electron chi connectivity index (χ4n) is 3.63. The molecule has 0 amide bonds. The molecule has 9 nitrogen and oxygen atoms in total. The molecule has 0 spiro atoms. The summed E-state index contributed by atoms with van der Waals surface area (Å²) in [7, 11) is -0.739. The average molecular weight is 478 g/mol. The van der Waals surface area contributed by atoms with Crippen molar-refractivity contribution in [1.82, 2.24) is 19.7 Å². The first-order valence-corrected chi connectivity index (χ1v) is 12.2. The molecule has 34 heavy (non-hydrogen) atoms. The zero-order chi connectivity index (χ0) is 23.7. The molecule has 5 rings (SSSR count). The molecule has 1 aliphatic carbocycles. The number of fused-ring (bicyclic) bond motifs is 1. The molecule has 4 aromatic rings. The molecule has 10 heteroatoms. The Morgan fingerprint density at radius 3 is 2.47 bits per heavy atom. The van der Waals surface area contributed by atoms with Gasteiger partial charge < -0.3 is 14.8 Å². The fraction of sp³-hybridized carbons (Fsp3) is 0.208. The smallest absolute Gasteiger partial charge is 0.319 e. The number of methoxy groups -OCH3 is 2. The van der Waals surface area contributed by atoms with E-state index >= 15 is 0 Å². The topological polar surface area (TPSA) is 115 Å². The molecular formula is C24H23N5O4S. The van der Waals surface area contributed by atoms with Crippen LogP contribution in [-0.2, 0) is 10.0 Å². The standard InChI is InChI=1S/C24H23N5O4S/c1-32-23-19(13-26-24(28-23)33-2)15-8-11-18-20(12-15)25-14-21(34(30,31)29-17-9-10-17)22(18)27-16-6-4-3-5-7-16/h3-8,11-14,17,29H,9-10H2,1-2H3,(H,25,27). The van der Waals surface area contributed by atoms with Crippen molar-refractivity contribution in [3.63, 3.8) is 0 Å². The third-order valence-corrected chi connectivity index (χ3v) is 7.02. The van der Waals surface area contributed by atoms with Crippen molar-refractivity contribution in [3.05, 3.63) is 60.9 Å². The summed E-state index contributed by atoms with van der Waals surface area (Å²) < 4.78 is 39.5. The normalized spacial score (nSPS) is 13.6. The van der Waals surface area contributed by atoms with Gasteiger partial charge in [-0.25, -0.2) is 18.1 Å². The molecule has 2 aromatic carbocycles. The molecular weight excluding hydrogens is 454 g/mol. The Kier molecular flexibility index (Phi) is 5.76. The molecule has 0 saturated heterocycles. The van der Waals surface area contributed by atoms with E-state index < -0.39 is 10.0 Å². The highest BCUT2D eigenvalue weighted by atomic mass is 32.2. The lowest BCUT2D eigenvalue weighted by molar-refractivity contribution is 0.353. The van der Waals surface area contributed by atoms with Gasteiger partial charge in [-0.15, -0.1) is 0 Å². The Hall–Kier alpha value is -3.76. The number of ether oxygens (including phenoxy) is 2. The van der Waals surface area contributed by atoms with Gasteiger partial charge in [-0.3, -0.25) is 4.98 Å². The fourth-order valence-corrected chi connectivity index (χ4v) is 5.05. The van der Waals surface area contributed by atoms with Gasteiger partial charge in [0.25, 0.3) is 0 Å². The quantitative estimate of drug-likeness (QED) is 0.393. The van der Waals surface area contributed by atoms with E-state index in [1.54, 1.807) is 6.20 Å². The van der Waals surface area contributed by atoms with Crippen molar-refractivity contribution < 1.29 is 17.9 Å². The van der Waals surface area contributed by atoms with Crippen molar-refractivity contribution in [2.75, 3.05) is 19.5 Å². The van der Waals surface area contributed by atoms with E-state index in [9.17, 15) is 8.42 Å². The molecule has 174 valence electrons. The summed E-state index contributed by atoms with van der Waals surface area (Å²) in [6, 6.07) is 15.2. The second-order valence-electron chi connectivity index (χ2n) is 7.90. The SMILES string of the molecule is COc1ncc(-c2ccc3c(Nc4ccccc4)c(S(=O)(=O)NC4CC4)cnc3c2)c(OC)n1. The summed E-state index contributed by atoms with van der Waals surface area (Å²) in [4.78, 5) is 13.0. The predicted molar refractivity (Wildman–Crippen MR) is 129 cm³/mol. The van der Waals surface area contributed by atoms with Gasteiger partial charge in [0.15, 0.2) is 0 Å². The molecule has 1 saturated carbocycles. The average Bonchev–Trinajstić information content (AvgIpc) is 3.67. The Balaban J connectivity index is 1.64. The van der Waals surface area contributed by atoms with Crippen LogP contribution in [0, 0.1) is 0 Å². The van der Waals surface area contributed by atoms with Crippen molar-refractivity contribution >= 4 is 32.3 Å². The monoisotopic (exact) mass is 477 g/mol. The summed E-state index contributed by atoms with van der Waals surface area (Å²) in [5.74, 6) is 0.363. The number of hydrogen-bond donors (Lipinski definition) is 2. The third-order valence-electron chi connectivity index (χ3n) is 5.48. The molecule has 0 atom stereocenters. The van der Waals surface area contributed by atoms with E-state index in [4.69, 9.17) is 9.47 Å². The molecule has 0 radical (unpaired) electrons. The lowest BCUT2D eigenvalue weighted by Crippen LogP contribution is -2.26. The van der Waals surface area contributed by atoms with Gasteiger partial charge in [-0.2, -0.15) is 4.98 Å².